The quantitative estimate of drug-likeness (QED) is 0.780. The molecule has 1 heterocycles. The number of benzene rings is 2. The van der Waals surface area contributed by atoms with Crippen LogP contribution in [0, 0.1) is 5.82 Å². The zero-order valence-corrected chi connectivity index (χ0v) is 11.2. The van der Waals surface area contributed by atoms with Crippen molar-refractivity contribution in [2.75, 3.05) is 7.05 Å². The normalized spacial score (nSPS) is 10.9. The van der Waals surface area contributed by atoms with Gasteiger partial charge in [0.15, 0.2) is 0 Å². The number of pyridine rings is 1. The van der Waals surface area contributed by atoms with Crippen LogP contribution in [0.2, 0.25) is 0 Å². The Morgan fingerprint density at radius 1 is 1.10 bits per heavy atom. The highest BCUT2D eigenvalue weighted by Gasteiger charge is 2.07. The molecule has 0 unspecified atom stereocenters. The molecule has 1 N–H and O–H groups in total. The minimum atomic E-state index is -0.201. The number of fused-ring (bicyclic) bond motifs is 1. The lowest BCUT2D eigenvalue weighted by Gasteiger charge is -2.07. The summed E-state index contributed by atoms with van der Waals surface area (Å²) < 4.78 is 14.2. The van der Waals surface area contributed by atoms with Crippen molar-refractivity contribution in [3.8, 4) is 11.1 Å². The molecule has 0 saturated heterocycles. The third kappa shape index (κ3) is 2.40. The molecule has 0 spiro atoms. The lowest BCUT2D eigenvalue weighted by Crippen LogP contribution is -2.05. The summed E-state index contributed by atoms with van der Waals surface area (Å²) in [6, 6.07) is 15.1. The van der Waals surface area contributed by atoms with E-state index < -0.39 is 0 Å². The number of halogens is 1. The Labute approximate surface area is 117 Å². The molecule has 2 aromatic carbocycles. The monoisotopic (exact) mass is 266 g/mol. The summed E-state index contributed by atoms with van der Waals surface area (Å²) in [5, 5.41) is 4.08. The van der Waals surface area contributed by atoms with Crippen molar-refractivity contribution in [1.29, 1.82) is 0 Å². The first-order valence-corrected chi connectivity index (χ1v) is 6.56. The molecule has 100 valence electrons. The number of aromatic nitrogens is 1. The fraction of sp³-hybridized carbons (Fsp3) is 0.118. The molecule has 0 amide bonds. The second kappa shape index (κ2) is 5.39. The molecule has 20 heavy (non-hydrogen) atoms. The van der Waals surface area contributed by atoms with Gasteiger partial charge in [0.25, 0.3) is 0 Å². The van der Waals surface area contributed by atoms with Gasteiger partial charge in [-0.1, -0.05) is 30.3 Å². The van der Waals surface area contributed by atoms with Crippen LogP contribution in [0.15, 0.2) is 54.7 Å². The third-order valence-corrected chi connectivity index (χ3v) is 3.33. The van der Waals surface area contributed by atoms with Crippen LogP contribution in [-0.2, 0) is 6.54 Å². The van der Waals surface area contributed by atoms with Gasteiger partial charge in [-0.05, 0) is 36.4 Å². The van der Waals surface area contributed by atoms with Gasteiger partial charge in [0.2, 0.25) is 0 Å². The van der Waals surface area contributed by atoms with E-state index in [2.05, 4.69) is 10.3 Å². The summed E-state index contributed by atoms with van der Waals surface area (Å²) in [4.78, 5) is 4.31. The molecule has 3 heteroatoms. The smallest absolute Gasteiger partial charge is 0.131 e. The first-order chi connectivity index (χ1) is 9.78. The van der Waals surface area contributed by atoms with Crippen molar-refractivity contribution in [2.24, 2.45) is 0 Å². The van der Waals surface area contributed by atoms with E-state index in [9.17, 15) is 4.39 Å². The second-order valence-corrected chi connectivity index (χ2v) is 4.76. The maximum atomic E-state index is 14.2. The molecule has 0 bridgehead atoms. The molecule has 0 fully saturated rings. The summed E-state index contributed by atoms with van der Waals surface area (Å²) in [5.74, 6) is -0.201. The molecule has 0 aliphatic rings. The lowest BCUT2D eigenvalue weighted by molar-refractivity contribution is 0.627. The molecule has 0 aliphatic heterocycles. The van der Waals surface area contributed by atoms with Crippen molar-refractivity contribution in [1.82, 2.24) is 10.3 Å². The Balaban J connectivity index is 2.06. The lowest BCUT2D eigenvalue weighted by atomic mass is 10.0. The van der Waals surface area contributed by atoms with E-state index in [1.54, 1.807) is 12.3 Å². The second-order valence-electron chi connectivity index (χ2n) is 4.76. The third-order valence-electron chi connectivity index (χ3n) is 3.33. The minimum Gasteiger partial charge on any atom is -0.316 e. The van der Waals surface area contributed by atoms with Gasteiger partial charge in [-0.15, -0.1) is 0 Å². The Morgan fingerprint density at radius 2 is 2.00 bits per heavy atom. The van der Waals surface area contributed by atoms with Crippen LogP contribution < -0.4 is 5.32 Å². The average Bonchev–Trinajstić information content (AvgIpc) is 2.47. The number of hydrogen-bond donors (Lipinski definition) is 1. The van der Waals surface area contributed by atoms with Gasteiger partial charge in [0.05, 0.1) is 5.52 Å². The van der Waals surface area contributed by atoms with Crippen LogP contribution >= 0.6 is 0 Å². The number of hydrogen-bond acceptors (Lipinski definition) is 2. The van der Waals surface area contributed by atoms with E-state index >= 15 is 0 Å². The van der Waals surface area contributed by atoms with Crippen molar-refractivity contribution in [3.05, 3.63) is 66.1 Å². The molecular formula is C17H15FN2. The highest BCUT2D eigenvalue weighted by atomic mass is 19.1. The van der Waals surface area contributed by atoms with Crippen LogP contribution in [0.4, 0.5) is 4.39 Å². The average molecular weight is 266 g/mol. The molecule has 1 aromatic heterocycles. The van der Waals surface area contributed by atoms with Crippen molar-refractivity contribution >= 4 is 10.9 Å². The van der Waals surface area contributed by atoms with Crippen LogP contribution in [0.5, 0.6) is 0 Å². The van der Waals surface area contributed by atoms with Gasteiger partial charge in [-0.25, -0.2) is 4.39 Å². The van der Waals surface area contributed by atoms with Gasteiger partial charge >= 0.3 is 0 Å². The predicted molar refractivity (Wildman–Crippen MR) is 79.9 cm³/mol. The topological polar surface area (TPSA) is 24.9 Å². The number of rotatable bonds is 3. The van der Waals surface area contributed by atoms with E-state index in [-0.39, 0.29) is 5.82 Å². The van der Waals surface area contributed by atoms with Crippen LogP contribution in [0.25, 0.3) is 22.0 Å². The van der Waals surface area contributed by atoms with E-state index in [1.807, 2.05) is 49.5 Å². The first kappa shape index (κ1) is 12.8. The molecular weight excluding hydrogens is 251 g/mol. The Morgan fingerprint density at radius 3 is 2.80 bits per heavy atom. The number of nitrogens with one attached hydrogen (secondary N) is 1. The Hall–Kier alpha value is -2.26. The highest BCUT2D eigenvalue weighted by molar-refractivity contribution is 5.84. The minimum absolute atomic E-state index is 0.201. The zero-order chi connectivity index (χ0) is 13.9. The fourth-order valence-electron chi connectivity index (χ4n) is 2.34. The molecule has 3 rings (SSSR count). The van der Waals surface area contributed by atoms with Gasteiger partial charge in [-0.3, -0.25) is 4.98 Å². The highest BCUT2D eigenvalue weighted by Crippen LogP contribution is 2.26. The zero-order valence-electron chi connectivity index (χ0n) is 11.2. The Bertz CT molecular complexity index is 753. The van der Waals surface area contributed by atoms with Gasteiger partial charge < -0.3 is 5.32 Å². The summed E-state index contributed by atoms with van der Waals surface area (Å²) in [7, 11) is 1.85. The van der Waals surface area contributed by atoms with Crippen LogP contribution in [0.1, 0.15) is 5.56 Å². The van der Waals surface area contributed by atoms with Crippen molar-refractivity contribution < 1.29 is 4.39 Å². The SMILES string of the molecule is CNCc1ccc(-c2ccc3cccnc3c2)c(F)c1. The summed E-state index contributed by atoms with van der Waals surface area (Å²) in [6.07, 6.45) is 1.75. The van der Waals surface area contributed by atoms with Crippen LogP contribution in [-0.4, -0.2) is 12.0 Å². The van der Waals surface area contributed by atoms with Gasteiger partial charge in [0, 0.05) is 23.7 Å². The van der Waals surface area contributed by atoms with E-state index in [0.717, 1.165) is 22.0 Å². The van der Waals surface area contributed by atoms with E-state index in [1.165, 1.54) is 0 Å². The van der Waals surface area contributed by atoms with E-state index in [0.29, 0.717) is 12.1 Å². The van der Waals surface area contributed by atoms with Gasteiger partial charge in [-0.2, -0.15) is 0 Å². The molecule has 3 aromatic rings. The van der Waals surface area contributed by atoms with Crippen LogP contribution in [0.3, 0.4) is 0 Å². The van der Waals surface area contributed by atoms with Crippen molar-refractivity contribution in [3.63, 3.8) is 0 Å². The van der Waals surface area contributed by atoms with E-state index in [4.69, 9.17) is 0 Å². The maximum absolute atomic E-state index is 14.2. The maximum Gasteiger partial charge on any atom is 0.131 e. The Kier molecular flexibility index (Phi) is 3.44. The van der Waals surface area contributed by atoms with Gasteiger partial charge in [0.1, 0.15) is 5.82 Å². The summed E-state index contributed by atoms with van der Waals surface area (Å²) >= 11 is 0. The predicted octanol–water partition coefficient (Wildman–Crippen LogP) is 3.76. The molecule has 0 saturated carbocycles. The summed E-state index contributed by atoms with van der Waals surface area (Å²) in [5.41, 5.74) is 3.28. The first-order valence-electron chi connectivity index (χ1n) is 6.56. The van der Waals surface area contributed by atoms with Crippen molar-refractivity contribution in [2.45, 2.75) is 6.54 Å². The number of nitrogens with zero attached hydrogens (tertiary/aromatic N) is 1. The summed E-state index contributed by atoms with van der Waals surface area (Å²) in [6.45, 7) is 0.663. The molecule has 2 nitrogen and oxygen atoms in total. The molecule has 0 radical (unpaired) electrons. The standard InChI is InChI=1S/C17H15FN2/c1-19-11-12-4-7-15(16(18)9-12)14-6-5-13-3-2-8-20-17(13)10-14/h2-10,19H,11H2,1H3. The largest absolute Gasteiger partial charge is 0.316 e. The molecule has 0 atom stereocenters. The fourth-order valence-corrected chi connectivity index (χ4v) is 2.34. The molecule has 0 aliphatic carbocycles.